The molecule has 1 unspecified atom stereocenters. The Kier molecular flexibility index (Phi) is 7.76. The summed E-state index contributed by atoms with van der Waals surface area (Å²) in [5.41, 5.74) is 2.47. The molecule has 1 aliphatic heterocycles. The molecule has 2 heterocycles. The van der Waals surface area contributed by atoms with Crippen molar-refractivity contribution in [2.45, 2.75) is 40.2 Å². The van der Waals surface area contributed by atoms with Gasteiger partial charge in [0.1, 0.15) is 11.3 Å². The maximum absolute atomic E-state index is 14.0. The summed E-state index contributed by atoms with van der Waals surface area (Å²) in [7, 11) is 1.52. The number of benzene rings is 3. The molecule has 1 amide bonds. The van der Waals surface area contributed by atoms with Crippen LogP contribution in [0.5, 0.6) is 17.2 Å². The van der Waals surface area contributed by atoms with Crippen LogP contribution in [0.3, 0.4) is 0 Å². The Morgan fingerprint density at radius 3 is 2.45 bits per heavy atom. The topological polar surface area (TPSA) is 78.2 Å². The largest absolute Gasteiger partial charge is 0.495 e. The zero-order chi connectivity index (χ0) is 28.6. The van der Waals surface area contributed by atoms with Crippen LogP contribution in [0.1, 0.15) is 60.5 Å². The van der Waals surface area contributed by atoms with Crippen LogP contribution in [0.15, 0.2) is 63.8 Å². The second kappa shape index (κ2) is 11.3. The zero-order valence-corrected chi connectivity index (χ0v) is 24.0. The predicted octanol–water partition coefficient (Wildman–Crippen LogP) is 7.34. The van der Waals surface area contributed by atoms with Gasteiger partial charge in [-0.25, -0.2) is 0 Å². The summed E-state index contributed by atoms with van der Waals surface area (Å²) in [6.45, 7) is 9.06. The minimum atomic E-state index is -0.781. The van der Waals surface area contributed by atoms with Crippen LogP contribution in [-0.2, 0) is 0 Å². The quantitative estimate of drug-likeness (QED) is 0.213. The van der Waals surface area contributed by atoms with Gasteiger partial charge in [-0.3, -0.25) is 14.5 Å². The average Bonchev–Trinajstić information content (AvgIpc) is 3.22. The normalized spacial score (nSPS) is 14.6. The van der Waals surface area contributed by atoms with Crippen LogP contribution in [0.2, 0.25) is 5.02 Å². The molecule has 4 aromatic rings. The van der Waals surface area contributed by atoms with Gasteiger partial charge in [0.25, 0.3) is 5.91 Å². The molecule has 0 radical (unpaired) electrons. The molecule has 208 valence electrons. The molecule has 0 saturated heterocycles. The first-order valence-electron chi connectivity index (χ1n) is 13.4. The number of hydrogen-bond acceptors (Lipinski definition) is 6. The van der Waals surface area contributed by atoms with Crippen molar-refractivity contribution >= 4 is 34.2 Å². The number of ether oxygens (including phenoxy) is 3. The molecule has 0 N–H and O–H groups in total. The predicted molar refractivity (Wildman–Crippen MR) is 156 cm³/mol. The summed E-state index contributed by atoms with van der Waals surface area (Å²) >= 11 is 6.47. The van der Waals surface area contributed by atoms with Crippen molar-refractivity contribution in [3.63, 3.8) is 0 Å². The van der Waals surface area contributed by atoms with E-state index in [1.165, 1.54) is 12.0 Å². The number of methoxy groups -OCH3 is 1. The van der Waals surface area contributed by atoms with Gasteiger partial charge in [0, 0.05) is 5.69 Å². The first-order valence-corrected chi connectivity index (χ1v) is 13.7. The molecule has 0 saturated carbocycles. The third-order valence-corrected chi connectivity index (χ3v) is 7.27. The SMILES string of the molecule is CCOc1cc(C2c3c(oc4ccc(C)cc4c3=O)C(=O)N2c2ccc(OC)c(Cl)c2)ccc1OCCC(C)C. The smallest absolute Gasteiger partial charge is 0.295 e. The van der Waals surface area contributed by atoms with Crippen LogP contribution in [0.25, 0.3) is 11.0 Å². The third kappa shape index (κ3) is 5.02. The summed E-state index contributed by atoms with van der Waals surface area (Å²) < 4.78 is 23.4. The van der Waals surface area contributed by atoms with Gasteiger partial charge in [0.15, 0.2) is 16.9 Å². The van der Waals surface area contributed by atoms with Gasteiger partial charge in [-0.2, -0.15) is 0 Å². The fourth-order valence-corrected chi connectivity index (χ4v) is 5.21. The summed E-state index contributed by atoms with van der Waals surface area (Å²) in [6, 6.07) is 15.2. The fourth-order valence-electron chi connectivity index (χ4n) is 4.96. The van der Waals surface area contributed by atoms with E-state index in [1.807, 2.05) is 38.1 Å². The van der Waals surface area contributed by atoms with Crippen LogP contribution < -0.4 is 24.5 Å². The number of nitrogens with zero attached hydrogens (tertiary/aromatic N) is 1. The van der Waals surface area contributed by atoms with Gasteiger partial charge in [-0.15, -0.1) is 0 Å². The van der Waals surface area contributed by atoms with E-state index < -0.39 is 11.9 Å². The zero-order valence-electron chi connectivity index (χ0n) is 23.2. The van der Waals surface area contributed by atoms with Gasteiger partial charge >= 0.3 is 0 Å². The molecule has 0 spiro atoms. The van der Waals surface area contributed by atoms with Gasteiger partial charge in [-0.1, -0.05) is 43.1 Å². The molecule has 8 heteroatoms. The van der Waals surface area contributed by atoms with Crippen LogP contribution in [-0.4, -0.2) is 26.2 Å². The molecule has 1 aliphatic rings. The fraction of sp³-hybridized carbons (Fsp3) is 0.312. The first-order chi connectivity index (χ1) is 19.2. The van der Waals surface area contributed by atoms with Crippen LogP contribution >= 0.6 is 11.6 Å². The molecule has 7 nitrogen and oxygen atoms in total. The summed E-state index contributed by atoms with van der Waals surface area (Å²) in [6.07, 6.45) is 0.900. The molecular formula is C32H32ClNO6. The number of anilines is 1. The van der Waals surface area contributed by atoms with Crippen molar-refractivity contribution in [3.8, 4) is 17.2 Å². The molecule has 5 rings (SSSR count). The summed E-state index contributed by atoms with van der Waals surface area (Å²) in [5, 5.41) is 0.760. The van der Waals surface area contributed by atoms with E-state index in [2.05, 4.69) is 13.8 Å². The highest BCUT2D eigenvalue weighted by atomic mass is 35.5. The van der Waals surface area contributed by atoms with Crippen molar-refractivity contribution in [1.29, 1.82) is 0 Å². The summed E-state index contributed by atoms with van der Waals surface area (Å²) in [4.78, 5) is 29.5. The number of carbonyl (C=O) groups excluding carboxylic acids is 1. The van der Waals surface area contributed by atoms with E-state index in [9.17, 15) is 9.59 Å². The number of halogens is 1. The maximum Gasteiger partial charge on any atom is 0.295 e. The Bertz CT molecular complexity index is 1640. The monoisotopic (exact) mass is 561 g/mol. The standard InChI is InChI=1S/C32H32ClNO6/c1-6-38-27-16-20(8-11-26(27)39-14-13-18(2)3)29-28-30(35)22-15-19(4)7-10-24(22)40-31(28)32(36)34(29)21-9-12-25(37-5)23(33)17-21/h7-12,15-18,29H,6,13-14H2,1-5H3. The van der Waals surface area contributed by atoms with E-state index >= 15 is 0 Å². The Labute approximate surface area is 238 Å². The average molecular weight is 562 g/mol. The Hall–Kier alpha value is -3.97. The molecule has 0 fully saturated rings. The van der Waals surface area contributed by atoms with Crippen molar-refractivity contribution in [2.75, 3.05) is 25.2 Å². The Balaban J connectivity index is 1.70. The van der Waals surface area contributed by atoms with Crippen molar-refractivity contribution in [2.24, 2.45) is 5.92 Å². The number of carbonyl (C=O) groups is 1. The lowest BCUT2D eigenvalue weighted by Crippen LogP contribution is -2.29. The molecule has 0 aliphatic carbocycles. The lowest BCUT2D eigenvalue weighted by Gasteiger charge is -2.26. The van der Waals surface area contributed by atoms with Gasteiger partial charge < -0.3 is 18.6 Å². The van der Waals surface area contributed by atoms with E-state index in [1.54, 1.807) is 30.3 Å². The minimum Gasteiger partial charge on any atom is -0.495 e. The molecule has 40 heavy (non-hydrogen) atoms. The number of rotatable bonds is 9. The second-order valence-corrected chi connectivity index (χ2v) is 10.6. The molecule has 1 atom stereocenters. The highest BCUT2D eigenvalue weighted by molar-refractivity contribution is 6.32. The van der Waals surface area contributed by atoms with Crippen molar-refractivity contribution in [3.05, 3.63) is 92.3 Å². The third-order valence-electron chi connectivity index (χ3n) is 6.98. The van der Waals surface area contributed by atoms with Gasteiger partial charge in [0.05, 0.1) is 42.3 Å². The van der Waals surface area contributed by atoms with Crippen molar-refractivity contribution in [1.82, 2.24) is 0 Å². The number of fused-ring (bicyclic) bond motifs is 2. The summed E-state index contributed by atoms with van der Waals surface area (Å²) in [5.74, 6) is 1.69. The van der Waals surface area contributed by atoms with Crippen molar-refractivity contribution < 1.29 is 23.4 Å². The second-order valence-electron chi connectivity index (χ2n) is 10.2. The molecule has 3 aromatic carbocycles. The van der Waals surface area contributed by atoms with Gasteiger partial charge in [-0.05, 0) is 74.2 Å². The number of hydrogen-bond donors (Lipinski definition) is 0. The highest BCUT2D eigenvalue weighted by Gasteiger charge is 2.44. The minimum absolute atomic E-state index is 0.00788. The van der Waals surface area contributed by atoms with Crippen LogP contribution in [0.4, 0.5) is 5.69 Å². The Morgan fingerprint density at radius 1 is 0.975 bits per heavy atom. The molecule has 1 aromatic heterocycles. The molecular weight excluding hydrogens is 530 g/mol. The number of amides is 1. The Morgan fingerprint density at radius 2 is 1.75 bits per heavy atom. The lowest BCUT2D eigenvalue weighted by molar-refractivity contribution is 0.0971. The van der Waals surface area contributed by atoms with Crippen LogP contribution in [0, 0.1) is 12.8 Å². The molecule has 0 bridgehead atoms. The first kappa shape index (κ1) is 27.6. The lowest BCUT2D eigenvalue weighted by atomic mass is 9.97. The van der Waals surface area contributed by atoms with Gasteiger partial charge in [0.2, 0.25) is 5.76 Å². The maximum atomic E-state index is 14.0. The van der Waals surface area contributed by atoms with E-state index in [4.69, 9.17) is 30.2 Å². The highest BCUT2D eigenvalue weighted by Crippen LogP contribution is 2.44. The van der Waals surface area contributed by atoms with E-state index in [0.717, 1.165) is 12.0 Å². The number of aryl methyl sites for hydroxylation is 1. The van der Waals surface area contributed by atoms with E-state index in [-0.39, 0.29) is 16.8 Å². The van der Waals surface area contributed by atoms with E-state index in [0.29, 0.717) is 63.6 Å².